The van der Waals surface area contributed by atoms with Gasteiger partial charge in [0, 0.05) is 16.8 Å². The summed E-state index contributed by atoms with van der Waals surface area (Å²) in [6.45, 7) is 1.70. The molecule has 0 atom stereocenters. The minimum Gasteiger partial charge on any atom is -0.507 e. The molecule has 5 heteroatoms. The van der Waals surface area contributed by atoms with Gasteiger partial charge in [-0.3, -0.25) is 4.79 Å². The number of halogens is 1. The van der Waals surface area contributed by atoms with Crippen LogP contribution in [0, 0.1) is 24.1 Å². The van der Waals surface area contributed by atoms with Gasteiger partial charge in [0.05, 0.1) is 0 Å². The molecule has 2 aromatic carbocycles. The summed E-state index contributed by atoms with van der Waals surface area (Å²) in [6.07, 6.45) is 0. The number of aryl methyl sites for hydroxylation is 1. The third-order valence-corrected chi connectivity index (χ3v) is 3.74. The molecule has 0 amide bonds. The molecule has 0 unspecified atom stereocenters. The number of aromatic amines is 1. The van der Waals surface area contributed by atoms with Crippen molar-refractivity contribution in [2.75, 3.05) is 0 Å². The van der Waals surface area contributed by atoms with Crippen molar-refractivity contribution in [3.8, 4) is 34.1 Å². The number of aromatic hydroxyl groups is 1. The maximum Gasteiger partial charge on any atom is 0.266 e. The molecule has 0 radical (unpaired) electrons. The number of pyridine rings is 1. The monoisotopic (exact) mass is 320 g/mol. The van der Waals surface area contributed by atoms with Crippen molar-refractivity contribution in [1.82, 2.24) is 4.98 Å². The van der Waals surface area contributed by atoms with Crippen molar-refractivity contribution in [2.45, 2.75) is 6.92 Å². The summed E-state index contributed by atoms with van der Waals surface area (Å²) in [4.78, 5) is 14.5. The fourth-order valence-corrected chi connectivity index (χ4v) is 2.59. The van der Waals surface area contributed by atoms with Gasteiger partial charge in [-0.25, -0.2) is 4.39 Å². The van der Waals surface area contributed by atoms with Gasteiger partial charge in [-0.05, 0) is 48.4 Å². The van der Waals surface area contributed by atoms with Crippen LogP contribution in [0.5, 0.6) is 5.75 Å². The van der Waals surface area contributed by atoms with E-state index in [0.717, 1.165) is 11.1 Å². The molecule has 0 spiro atoms. The Morgan fingerprint density at radius 3 is 2.38 bits per heavy atom. The largest absolute Gasteiger partial charge is 0.507 e. The summed E-state index contributed by atoms with van der Waals surface area (Å²) in [6, 6.07) is 14.3. The van der Waals surface area contributed by atoms with Crippen molar-refractivity contribution in [1.29, 1.82) is 5.26 Å². The molecular weight excluding hydrogens is 307 g/mol. The number of nitrogens with zero attached hydrogens (tertiary/aromatic N) is 1. The second-order valence-corrected chi connectivity index (χ2v) is 5.42. The standard InChI is InChI=1S/C19H13FN2O2/c1-11-8-15(17(10-21)19(24)22-11)16-9-13(4-7-18(16)23)12-2-5-14(20)6-3-12/h2-9,23H,1H3,(H,22,24). The molecule has 0 fully saturated rings. The number of nitriles is 1. The van der Waals surface area contributed by atoms with Gasteiger partial charge in [-0.1, -0.05) is 18.2 Å². The molecule has 0 aliphatic heterocycles. The van der Waals surface area contributed by atoms with Crippen LogP contribution < -0.4 is 5.56 Å². The zero-order valence-electron chi connectivity index (χ0n) is 12.8. The van der Waals surface area contributed by atoms with Gasteiger partial charge < -0.3 is 10.1 Å². The number of phenols is 1. The lowest BCUT2D eigenvalue weighted by Gasteiger charge is -2.10. The Bertz CT molecular complexity index is 1020. The first-order chi connectivity index (χ1) is 11.5. The van der Waals surface area contributed by atoms with Gasteiger partial charge in [0.15, 0.2) is 0 Å². The third kappa shape index (κ3) is 2.77. The normalized spacial score (nSPS) is 10.4. The number of rotatable bonds is 2. The van der Waals surface area contributed by atoms with E-state index in [4.69, 9.17) is 0 Å². The summed E-state index contributed by atoms with van der Waals surface area (Å²) < 4.78 is 13.1. The molecule has 0 bridgehead atoms. The molecule has 0 aliphatic carbocycles. The van der Waals surface area contributed by atoms with E-state index in [9.17, 15) is 19.6 Å². The fraction of sp³-hybridized carbons (Fsp3) is 0.0526. The van der Waals surface area contributed by atoms with Gasteiger partial charge in [0.25, 0.3) is 5.56 Å². The number of hydrogen-bond acceptors (Lipinski definition) is 3. The van der Waals surface area contributed by atoms with E-state index in [1.807, 2.05) is 6.07 Å². The Kier molecular flexibility index (Phi) is 3.88. The van der Waals surface area contributed by atoms with E-state index in [1.54, 1.807) is 37.3 Å². The van der Waals surface area contributed by atoms with E-state index < -0.39 is 5.56 Å². The second-order valence-electron chi connectivity index (χ2n) is 5.42. The molecule has 0 aliphatic rings. The molecular formula is C19H13FN2O2. The highest BCUT2D eigenvalue weighted by Crippen LogP contribution is 2.34. The van der Waals surface area contributed by atoms with Gasteiger partial charge in [-0.2, -0.15) is 5.26 Å². The predicted molar refractivity (Wildman–Crippen MR) is 89.0 cm³/mol. The average molecular weight is 320 g/mol. The first-order valence-corrected chi connectivity index (χ1v) is 7.23. The molecule has 3 aromatic rings. The zero-order chi connectivity index (χ0) is 17.3. The van der Waals surface area contributed by atoms with Crippen molar-refractivity contribution >= 4 is 0 Å². The molecule has 0 saturated heterocycles. The highest BCUT2D eigenvalue weighted by Gasteiger charge is 2.14. The summed E-state index contributed by atoms with van der Waals surface area (Å²) in [5, 5.41) is 19.5. The van der Waals surface area contributed by atoms with E-state index in [-0.39, 0.29) is 17.1 Å². The number of nitrogens with one attached hydrogen (secondary N) is 1. The average Bonchev–Trinajstić information content (AvgIpc) is 2.55. The first kappa shape index (κ1) is 15.5. The topological polar surface area (TPSA) is 76.9 Å². The van der Waals surface area contributed by atoms with Crippen LogP contribution in [0.1, 0.15) is 11.3 Å². The minimum atomic E-state index is -0.501. The van der Waals surface area contributed by atoms with Gasteiger partial charge in [-0.15, -0.1) is 0 Å². The van der Waals surface area contributed by atoms with Crippen LogP contribution >= 0.6 is 0 Å². The molecule has 118 valence electrons. The van der Waals surface area contributed by atoms with Gasteiger partial charge in [0.2, 0.25) is 0 Å². The lowest BCUT2D eigenvalue weighted by molar-refractivity contribution is 0.477. The quantitative estimate of drug-likeness (QED) is 0.755. The molecule has 1 heterocycles. The number of benzene rings is 2. The first-order valence-electron chi connectivity index (χ1n) is 7.23. The van der Waals surface area contributed by atoms with E-state index in [0.29, 0.717) is 16.8 Å². The van der Waals surface area contributed by atoms with Crippen LogP contribution in [0.25, 0.3) is 22.3 Å². The third-order valence-electron chi connectivity index (χ3n) is 3.74. The minimum absolute atomic E-state index is 0.0395. The summed E-state index contributed by atoms with van der Waals surface area (Å²) in [5.74, 6) is -0.378. The van der Waals surface area contributed by atoms with Crippen molar-refractivity contribution in [3.63, 3.8) is 0 Å². The highest BCUT2D eigenvalue weighted by atomic mass is 19.1. The lowest BCUT2D eigenvalue weighted by Crippen LogP contribution is -2.12. The van der Waals surface area contributed by atoms with Crippen LogP contribution in [-0.2, 0) is 0 Å². The predicted octanol–water partition coefficient (Wildman–Crippen LogP) is 3.73. The second kappa shape index (κ2) is 6.01. The van der Waals surface area contributed by atoms with Crippen LogP contribution in [0.15, 0.2) is 53.3 Å². The maximum atomic E-state index is 13.1. The Balaban J connectivity index is 2.23. The SMILES string of the molecule is Cc1cc(-c2cc(-c3ccc(F)cc3)ccc2O)c(C#N)c(=O)[nH]1. The maximum absolute atomic E-state index is 13.1. The van der Waals surface area contributed by atoms with Crippen LogP contribution in [0.2, 0.25) is 0 Å². The van der Waals surface area contributed by atoms with Crippen molar-refractivity contribution < 1.29 is 9.50 Å². The molecule has 0 saturated carbocycles. The Labute approximate surface area is 137 Å². The van der Waals surface area contributed by atoms with E-state index in [1.165, 1.54) is 18.2 Å². The zero-order valence-corrected chi connectivity index (χ0v) is 12.8. The Morgan fingerprint density at radius 1 is 1.04 bits per heavy atom. The lowest BCUT2D eigenvalue weighted by atomic mass is 9.96. The summed E-state index contributed by atoms with van der Waals surface area (Å²) in [5.41, 5.74) is 2.26. The number of H-pyrrole nitrogens is 1. The molecule has 2 N–H and O–H groups in total. The van der Waals surface area contributed by atoms with Crippen LogP contribution in [0.4, 0.5) is 4.39 Å². The number of aromatic nitrogens is 1. The summed E-state index contributed by atoms with van der Waals surface area (Å²) in [7, 11) is 0. The van der Waals surface area contributed by atoms with E-state index >= 15 is 0 Å². The van der Waals surface area contributed by atoms with Crippen LogP contribution in [0.3, 0.4) is 0 Å². The smallest absolute Gasteiger partial charge is 0.266 e. The Morgan fingerprint density at radius 2 is 1.71 bits per heavy atom. The van der Waals surface area contributed by atoms with Gasteiger partial charge in [0.1, 0.15) is 23.2 Å². The molecule has 24 heavy (non-hydrogen) atoms. The van der Waals surface area contributed by atoms with Crippen molar-refractivity contribution in [3.05, 3.63) is 76.0 Å². The molecule has 1 aromatic heterocycles. The summed E-state index contributed by atoms with van der Waals surface area (Å²) >= 11 is 0. The van der Waals surface area contributed by atoms with Crippen LogP contribution in [-0.4, -0.2) is 10.1 Å². The number of phenolic OH excluding ortho intramolecular Hbond substituents is 1. The highest BCUT2D eigenvalue weighted by molar-refractivity contribution is 5.80. The van der Waals surface area contributed by atoms with Gasteiger partial charge >= 0.3 is 0 Å². The Hall–Kier alpha value is -3.39. The van der Waals surface area contributed by atoms with Crippen molar-refractivity contribution in [2.24, 2.45) is 0 Å². The van der Waals surface area contributed by atoms with E-state index in [2.05, 4.69) is 4.98 Å². The molecule has 4 nitrogen and oxygen atoms in total. The fourth-order valence-electron chi connectivity index (χ4n) is 2.59. The number of hydrogen-bond donors (Lipinski definition) is 2. The molecule has 3 rings (SSSR count).